The molecule has 1 spiro atoms. The Morgan fingerprint density at radius 1 is 1.09 bits per heavy atom. The van der Waals surface area contributed by atoms with Crippen molar-refractivity contribution in [2.75, 3.05) is 13.2 Å². The SMILES string of the molecule is CCOC(=O)C1=C(OCC)C(=O)OC12OC(=O)c1ccccc12. The zero-order valence-corrected chi connectivity index (χ0v) is 12.6. The Morgan fingerprint density at radius 2 is 1.78 bits per heavy atom. The van der Waals surface area contributed by atoms with Gasteiger partial charge in [0.1, 0.15) is 0 Å². The zero-order valence-electron chi connectivity index (χ0n) is 12.6. The molecule has 0 bridgehead atoms. The summed E-state index contributed by atoms with van der Waals surface area (Å²) in [5.74, 6) is -4.63. The molecular weight excluding hydrogens is 304 g/mol. The third-order valence-corrected chi connectivity index (χ3v) is 3.48. The molecule has 1 aromatic carbocycles. The molecule has 0 radical (unpaired) electrons. The van der Waals surface area contributed by atoms with Gasteiger partial charge >= 0.3 is 23.7 Å². The number of hydrogen-bond acceptors (Lipinski definition) is 7. The molecule has 0 saturated heterocycles. The second-order valence-electron chi connectivity index (χ2n) is 4.80. The normalized spacial score (nSPS) is 22.0. The van der Waals surface area contributed by atoms with Crippen LogP contribution in [0.25, 0.3) is 0 Å². The van der Waals surface area contributed by atoms with Crippen LogP contribution in [0, 0.1) is 0 Å². The van der Waals surface area contributed by atoms with E-state index in [9.17, 15) is 14.4 Å². The maximum absolute atomic E-state index is 12.4. The molecule has 2 heterocycles. The lowest BCUT2D eigenvalue weighted by Crippen LogP contribution is -2.33. The Morgan fingerprint density at radius 3 is 2.48 bits per heavy atom. The fourth-order valence-electron chi connectivity index (χ4n) is 2.64. The largest absolute Gasteiger partial charge is 0.486 e. The van der Waals surface area contributed by atoms with E-state index in [-0.39, 0.29) is 35.7 Å². The topological polar surface area (TPSA) is 88.1 Å². The predicted octanol–water partition coefficient (Wildman–Crippen LogP) is 1.42. The van der Waals surface area contributed by atoms with Crippen LogP contribution in [-0.4, -0.2) is 31.1 Å². The number of hydrogen-bond donors (Lipinski definition) is 0. The Hall–Kier alpha value is -2.83. The van der Waals surface area contributed by atoms with Crippen LogP contribution >= 0.6 is 0 Å². The molecular formula is C16H14O7. The average molecular weight is 318 g/mol. The number of benzene rings is 1. The third-order valence-electron chi connectivity index (χ3n) is 3.48. The fourth-order valence-corrected chi connectivity index (χ4v) is 2.64. The van der Waals surface area contributed by atoms with Gasteiger partial charge in [-0.2, -0.15) is 0 Å². The van der Waals surface area contributed by atoms with Gasteiger partial charge < -0.3 is 18.9 Å². The summed E-state index contributed by atoms with van der Waals surface area (Å²) in [5, 5.41) is 0. The van der Waals surface area contributed by atoms with Crippen molar-refractivity contribution in [1.29, 1.82) is 0 Å². The molecule has 7 heteroatoms. The first-order chi connectivity index (χ1) is 11.0. The Bertz CT molecular complexity index is 734. The van der Waals surface area contributed by atoms with Crippen molar-refractivity contribution >= 4 is 17.9 Å². The molecule has 1 unspecified atom stereocenters. The van der Waals surface area contributed by atoms with Gasteiger partial charge in [-0.1, -0.05) is 12.1 Å². The van der Waals surface area contributed by atoms with Crippen molar-refractivity contribution in [1.82, 2.24) is 0 Å². The molecule has 23 heavy (non-hydrogen) atoms. The first kappa shape index (κ1) is 15.1. The van der Waals surface area contributed by atoms with Gasteiger partial charge in [0.25, 0.3) is 0 Å². The van der Waals surface area contributed by atoms with E-state index >= 15 is 0 Å². The smallest absolute Gasteiger partial charge is 0.378 e. The minimum atomic E-state index is -1.94. The summed E-state index contributed by atoms with van der Waals surface area (Å²) in [5.41, 5.74) is 0.250. The monoisotopic (exact) mass is 318 g/mol. The fraction of sp³-hybridized carbons (Fsp3) is 0.312. The summed E-state index contributed by atoms with van der Waals surface area (Å²) in [4.78, 5) is 36.6. The first-order valence-electron chi connectivity index (χ1n) is 7.16. The Labute approximate surface area is 131 Å². The van der Waals surface area contributed by atoms with E-state index in [1.165, 1.54) is 6.07 Å². The minimum absolute atomic E-state index is 0.0849. The summed E-state index contributed by atoms with van der Waals surface area (Å²) in [7, 11) is 0. The van der Waals surface area contributed by atoms with Gasteiger partial charge in [-0.05, 0) is 26.0 Å². The van der Waals surface area contributed by atoms with E-state index in [4.69, 9.17) is 18.9 Å². The van der Waals surface area contributed by atoms with E-state index in [1.54, 1.807) is 32.0 Å². The molecule has 0 saturated carbocycles. The average Bonchev–Trinajstić information content (AvgIpc) is 2.96. The lowest BCUT2D eigenvalue weighted by atomic mass is 9.96. The van der Waals surface area contributed by atoms with Crippen LogP contribution < -0.4 is 0 Å². The van der Waals surface area contributed by atoms with E-state index in [0.717, 1.165) is 0 Å². The molecule has 0 N–H and O–H groups in total. The van der Waals surface area contributed by atoms with Crippen molar-refractivity contribution < 1.29 is 33.3 Å². The molecule has 120 valence electrons. The molecule has 0 aromatic heterocycles. The highest BCUT2D eigenvalue weighted by Crippen LogP contribution is 2.48. The lowest BCUT2D eigenvalue weighted by Gasteiger charge is -2.23. The van der Waals surface area contributed by atoms with Gasteiger partial charge in [0.2, 0.25) is 5.76 Å². The second-order valence-corrected chi connectivity index (χ2v) is 4.80. The van der Waals surface area contributed by atoms with Gasteiger partial charge in [-0.3, -0.25) is 0 Å². The van der Waals surface area contributed by atoms with Crippen molar-refractivity contribution in [2.24, 2.45) is 0 Å². The number of ether oxygens (including phenoxy) is 4. The predicted molar refractivity (Wildman–Crippen MR) is 74.9 cm³/mol. The van der Waals surface area contributed by atoms with Crippen LogP contribution in [0.2, 0.25) is 0 Å². The lowest BCUT2D eigenvalue weighted by molar-refractivity contribution is -0.186. The van der Waals surface area contributed by atoms with Gasteiger partial charge in [-0.25, -0.2) is 14.4 Å². The molecule has 1 atom stereocenters. The van der Waals surface area contributed by atoms with Gasteiger partial charge in [0, 0.05) is 0 Å². The minimum Gasteiger partial charge on any atom is -0.486 e. The van der Waals surface area contributed by atoms with Crippen molar-refractivity contribution in [3.8, 4) is 0 Å². The highest BCUT2D eigenvalue weighted by Gasteiger charge is 2.62. The second kappa shape index (κ2) is 5.42. The maximum atomic E-state index is 12.4. The molecule has 0 fully saturated rings. The van der Waals surface area contributed by atoms with Gasteiger partial charge in [-0.15, -0.1) is 0 Å². The maximum Gasteiger partial charge on any atom is 0.378 e. The van der Waals surface area contributed by atoms with Gasteiger partial charge in [0.05, 0.1) is 24.3 Å². The van der Waals surface area contributed by atoms with Crippen LogP contribution in [0.4, 0.5) is 0 Å². The highest BCUT2D eigenvalue weighted by atomic mass is 16.8. The number of carbonyl (C=O) groups is 3. The Kier molecular flexibility index (Phi) is 3.55. The summed E-state index contributed by atoms with van der Waals surface area (Å²) in [6.45, 7) is 3.50. The standard InChI is InChI=1S/C16H14O7/c1-3-20-12-11(14(18)21-4-2)16(23-15(12)19)10-8-6-5-7-9(10)13(17)22-16/h5-8H,3-4H2,1-2H3. The van der Waals surface area contributed by atoms with E-state index < -0.39 is 23.7 Å². The van der Waals surface area contributed by atoms with Crippen LogP contribution in [0.5, 0.6) is 0 Å². The number of rotatable bonds is 4. The molecule has 0 amide bonds. The molecule has 0 aliphatic carbocycles. The van der Waals surface area contributed by atoms with Crippen molar-refractivity contribution in [3.63, 3.8) is 0 Å². The van der Waals surface area contributed by atoms with Gasteiger partial charge in [0.15, 0.2) is 5.57 Å². The highest BCUT2D eigenvalue weighted by molar-refractivity contribution is 6.07. The summed E-state index contributed by atoms with van der Waals surface area (Å²) < 4.78 is 20.8. The van der Waals surface area contributed by atoms with Crippen LogP contribution in [0.15, 0.2) is 35.6 Å². The quantitative estimate of drug-likeness (QED) is 0.776. The van der Waals surface area contributed by atoms with Crippen molar-refractivity contribution in [3.05, 3.63) is 46.7 Å². The molecule has 2 aliphatic heterocycles. The first-order valence-corrected chi connectivity index (χ1v) is 7.16. The van der Waals surface area contributed by atoms with Crippen LogP contribution in [-0.2, 0) is 34.3 Å². The summed E-state index contributed by atoms with van der Waals surface area (Å²) in [6, 6.07) is 6.38. The van der Waals surface area contributed by atoms with Crippen molar-refractivity contribution in [2.45, 2.75) is 19.6 Å². The molecule has 7 nitrogen and oxygen atoms in total. The third kappa shape index (κ3) is 2.08. The zero-order chi connectivity index (χ0) is 16.6. The molecule has 1 aromatic rings. The molecule has 2 aliphatic rings. The summed E-state index contributed by atoms with van der Waals surface area (Å²) >= 11 is 0. The Balaban J connectivity index is 2.21. The van der Waals surface area contributed by atoms with E-state index in [1.807, 2.05) is 0 Å². The van der Waals surface area contributed by atoms with Crippen LogP contribution in [0.1, 0.15) is 29.8 Å². The number of carbonyl (C=O) groups excluding carboxylic acids is 3. The summed E-state index contributed by atoms with van der Waals surface area (Å²) in [6.07, 6.45) is 0. The number of fused-ring (bicyclic) bond motifs is 2. The van der Waals surface area contributed by atoms with E-state index in [0.29, 0.717) is 0 Å². The van der Waals surface area contributed by atoms with E-state index in [2.05, 4.69) is 0 Å². The number of esters is 3. The van der Waals surface area contributed by atoms with Crippen LogP contribution in [0.3, 0.4) is 0 Å². The molecule has 3 rings (SSSR count).